The first kappa shape index (κ1) is 25.9. The maximum absolute atomic E-state index is 13.3. The summed E-state index contributed by atoms with van der Waals surface area (Å²) < 4.78 is 28.9. The summed E-state index contributed by atoms with van der Waals surface area (Å²) in [6.45, 7) is 3.19. The molecule has 0 aliphatic rings. The Morgan fingerprint density at radius 2 is 1.27 bits per heavy atom. The van der Waals surface area contributed by atoms with E-state index < -0.39 is 10.9 Å². The molecule has 10 nitrogen and oxygen atoms in total. The Balaban J connectivity index is 1.96. The van der Waals surface area contributed by atoms with Gasteiger partial charge in [0.15, 0.2) is 22.0 Å². The highest BCUT2D eigenvalue weighted by Crippen LogP contribution is 2.53. The van der Waals surface area contributed by atoms with E-state index in [-0.39, 0.29) is 78.3 Å². The summed E-state index contributed by atoms with van der Waals surface area (Å²) in [5.74, 6) is 0.184. The molecule has 0 bridgehead atoms. The van der Waals surface area contributed by atoms with Crippen molar-refractivity contribution in [2.45, 2.75) is 13.8 Å². The fraction of sp³-hybridized carbons (Fsp3) is 0.161. The second-order valence-corrected chi connectivity index (χ2v) is 9.62. The average molecular weight is 557 g/mol. The van der Waals surface area contributed by atoms with Gasteiger partial charge in [0.05, 0.1) is 37.7 Å². The van der Waals surface area contributed by atoms with Gasteiger partial charge in [0, 0.05) is 29.1 Å². The summed E-state index contributed by atoms with van der Waals surface area (Å²) >= 11 is 0. The van der Waals surface area contributed by atoms with Gasteiger partial charge in [0.1, 0.15) is 56.8 Å². The molecule has 3 N–H and O–H groups in total. The van der Waals surface area contributed by atoms with Crippen LogP contribution in [0.4, 0.5) is 0 Å². The summed E-state index contributed by atoms with van der Waals surface area (Å²) in [5.41, 5.74) is -0.685. The van der Waals surface area contributed by atoms with Crippen LogP contribution in [-0.4, -0.2) is 36.6 Å². The summed E-state index contributed by atoms with van der Waals surface area (Å²) in [4.78, 5) is 26.1. The molecule has 0 unspecified atom stereocenters. The van der Waals surface area contributed by atoms with Crippen LogP contribution in [0.5, 0.6) is 34.5 Å². The molecule has 0 spiro atoms. The highest BCUT2D eigenvalue weighted by molar-refractivity contribution is 6.21. The summed E-state index contributed by atoms with van der Waals surface area (Å²) in [7, 11) is 4.24. The van der Waals surface area contributed by atoms with Gasteiger partial charge in [-0.05, 0) is 37.4 Å². The van der Waals surface area contributed by atoms with Crippen LogP contribution in [-0.2, 0) is 0 Å². The van der Waals surface area contributed by atoms with Crippen LogP contribution < -0.4 is 25.1 Å². The number of phenols is 3. The minimum Gasteiger partial charge on any atom is -0.507 e. The quantitative estimate of drug-likeness (QED) is 0.184. The number of aromatic hydroxyl groups is 3. The summed E-state index contributed by atoms with van der Waals surface area (Å²) in [6, 6.07) is 8.39. The summed E-state index contributed by atoms with van der Waals surface area (Å²) in [6.07, 6.45) is 0. The first-order valence-electron chi connectivity index (χ1n) is 12.4. The van der Waals surface area contributed by atoms with Crippen LogP contribution in [0.1, 0.15) is 11.5 Å². The third-order valence-electron chi connectivity index (χ3n) is 7.16. The Bertz CT molecular complexity index is 2210. The first-order chi connectivity index (χ1) is 19.6. The van der Waals surface area contributed by atoms with Gasteiger partial charge < -0.3 is 38.4 Å². The van der Waals surface area contributed by atoms with E-state index in [0.29, 0.717) is 22.3 Å². The minimum absolute atomic E-state index is 0.0241. The number of aryl methyl sites for hydroxylation is 2. The number of methoxy groups -OCH3 is 3. The van der Waals surface area contributed by atoms with E-state index in [1.807, 2.05) is 0 Å². The molecular formula is C31H24O10. The molecule has 41 heavy (non-hydrogen) atoms. The highest BCUT2D eigenvalue weighted by Gasteiger charge is 2.29. The molecule has 4 aromatic carbocycles. The van der Waals surface area contributed by atoms with E-state index in [2.05, 4.69) is 0 Å². The standard InChI is InChI=1S/C31H24O10/c1-12-6-17(32)25-19(34)8-14-9-20(35)26(29(39-5)22(14)30(25)40-12)24-16-10-15(37-3)11-21(38-4)23(16)28(36)27-18(33)7-13(2)41-31(24)27/h6-11,34-36H,1-5H3. The normalized spacial score (nSPS) is 11.5. The fourth-order valence-corrected chi connectivity index (χ4v) is 5.52. The Hall–Kier alpha value is -5.38. The maximum Gasteiger partial charge on any atom is 0.196 e. The first-order valence-corrected chi connectivity index (χ1v) is 12.4. The molecule has 0 saturated heterocycles. The molecular weight excluding hydrogens is 532 g/mol. The molecule has 2 aromatic heterocycles. The van der Waals surface area contributed by atoms with E-state index in [1.165, 1.54) is 45.6 Å². The number of hydrogen-bond donors (Lipinski definition) is 3. The largest absolute Gasteiger partial charge is 0.507 e. The second-order valence-electron chi connectivity index (χ2n) is 9.62. The molecule has 0 radical (unpaired) electrons. The van der Waals surface area contributed by atoms with E-state index in [1.54, 1.807) is 26.0 Å². The van der Waals surface area contributed by atoms with E-state index in [9.17, 15) is 24.9 Å². The van der Waals surface area contributed by atoms with Crippen LogP contribution in [0.2, 0.25) is 0 Å². The molecule has 6 aromatic rings. The third-order valence-corrected chi connectivity index (χ3v) is 7.16. The predicted octanol–water partition coefficient (Wildman–Crippen LogP) is 5.63. The molecule has 0 amide bonds. The van der Waals surface area contributed by atoms with Crippen molar-refractivity contribution in [3.8, 4) is 45.6 Å². The van der Waals surface area contributed by atoms with Crippen molar-refractivity contribution in [3.63, 3.8) is 0 Å². The molecule has 2 heterocycles. The maximum atomic E-state index is 13.3. The van der Waals surface area contributed by atoms with Crippen LogP contribution in [0.15, 0.2) is 54.8 Å². The van der Waals surface area contributed by atoms with Crippen LogP contribution in [0, 0.1) is 13.8 Å². The Kier molecular flexibility index (Phi) is 5.74. The van der Waals surface area contributed by atoms with Crippen molar-refractivity contribution in [2.24, 2.45) is 0 Å². The van der Waals surface area contributed by atoms with Gasteiger partial charge in [-0.1, -0.05) is 0 Å². The van der Waals surface area contributed by atoms with Gasteiger partial charge >= 0.3 is 0 Å². The zero-order valence-electron chi connectivity index (χ0n) is 22.7. The molecule has 0 aliphatic heterocycles. The molecule has 10 heteroatoms. The van der Waals surface area contributed by atoms with Gasteiger partial charge in [-0.2, -0.15) is 0 Å². The fourth-order valence-electron chi connectivity index (χ4n) is 5.52. The zero-order chi connectivity index (χ0) is 29.3. The SMILES string of the molecule is COc1cc(OC)c2c(O)c3c(=O)cc(C)oc3c(-c3c(O)cc4cc(O)c5c(=O)cc(C)oc5c4c3OC)c2c1. The lowest BCUT2D eigenvalue weighted by Gasteiger charge is -2.20. The van der Waals surface area contributed by atoms with E-state index in [4.69, 9.17) is 23.0 Å². The summed E-state index contributed by atoms with van der Waals surface area (Å²) in [5, 5.41) is 34.5. The van der Waals surface area contributed by atoms with Crippen molar-refractivity contribution in [1.82, 2.24) is 0 Å². The topological polar surface area (TPSA) is 149 Å². The van der Waals surface area contributed by atoms with Crippen molar-refractivity contribution in [2.75, 3.05) is 21.3 Å². The van der Waals surface area contributed by atoms with Crippen LogP contribution in [0.3, 0.4) is 0 Å². The second kappa shape index (κ2) is 9.09. The Morgan fingerprint density at radius 3 is 1.90 bits per heavy atom. The highest BCUT2D eigenvalue weighted by atomic mass is 16.5. The number of hydrogen-bond acceptors (Lipinski definition) is 10. The lowest BCUT2D eigenvalue weighted by atomic mass is 9.90. The molecule has 208 valence electrons. The number of fused-ring (bicyclic) bond motifs is 5. The number of benzene rings is 4. The number of rotatable bonds is 4. The van der Waals surface area contributed by atoms with Gasteiger partial charge in [0.25, 0.3) is 0 Å². The molecule has 0 fully saturated rings. The van der Waals surface area contributed by atoms with Crippen molar-refractivity contribution < 1.29 is 38.4 Å². The van der Waals surface area contributed by atoms with Crippen LogP contribution >= 0.6 is 0 Å². The Morgan fingerprint density at radius 1 is 0.634 bits per heavy atom. The minimum atomic E-state index is -0.515. The third kappa shape index (κ3) is 3.64. The van der Waals surface area contributed by atoms with Crippen molar-refractivity contribution >= 4 is 43.5 Å². The lowest BCUT2D eigenvalue weighted by molar-refractivity contribution is 0.396. The monoisotopic (exact) mass is 556 g/mol. The van der Waals surface area contributed by atoms with E-state index >= 15 is 0 Å². The molecule has 0 aliphatic carbocycles. The predicted molar refractivity (Wildman–Crippen MR) is 153 cm³/mol. The lowest BCUT2D eigenvalue weighted by Crippen LogP contribution is -2.04. The van der Waals surface area contributed by atoms with E-state index in [0.717, 1.165) is 0 Å². The van der Waals surface area contributed by atoms with Gasteiger partial charge in [-0.15, -0.1) is 0 Å². The zero-order valence-corrected chi connectivity index (χ0v) is 22.7. The molecule has 6 rings (SSSR count). The Labute approximate surface area is 231 Å². The number of ether oxygens (including phenoxy) is 3. The average Bonchev–Trinajstić information content (AvgIpc) is 2.91. The molecule has 0 atom stereocenters. The van der Waals surface area contributed by atoms with Crippen LogP contribution in [0.25, 0.3) is 54.6 Å². The van der Waals surface area contributed by atoms with Crippen molar-refractivity contribution in [3.05, 3.63) is 68.4 Å². The van der Waals surface area contributed by atoms with Gasteiger partial charge in [-0.25, -0.2) is 0 Å². The smallest absolute Gasteiger partial charge is 0.196 e. The molecule has 0 saturated carbocycles. The van der Waals surface area contributed by atoms with Crippen molar-refractivity contribution in [1.29, 1.82) is 0 Å². The number of phenolic OH excluding ortho intramolecular Hbond substituents is 3. The van der Waals surface area contributed by atoms with Gasteiger partial charge in [0.2, 0.25) is 0 Å². The van der Waals surface area contributed by atoms with Gasteiger partial charge in [-0.3, -0.25) is 9.59 Å².